The van der Waals surface area contributed by atoms with Crippen LogP contribution in [0.5, 0.6) is 0 Å². The number of halogens is 2. The van der Waals surface area contributed by atoms with Gasteiger partial charge in [0.25, 0.3) is 11.8 Å². The number of benzene rings is 2. The number of hydrazine groups is 1. The van der Waals surface area contributed by atoms with Crippen molar-refractivity contribution < 1.29 is 14.4 Å². The number of nitrogens with zero attached hydrogens (tertiary/aromatic N) is 2. The van der Waals surface area contributed by atoms with Gasteiger partial charge in [-0.25, -0.2) is 5.01 Å². The van der Waals surface area contributed by atoms with Gasteiger partial charge in [-0.1, -0.05) is 37.9 Å². The lowest BCUT2D eigenvalue weighted by atomic mass is 10.2. The number of hydrogen-bond donors (Lipinski definition) is 2. The maximum absolute atomic E-state index is 12.6. The van der Waals surface area contributed by atoms with Gasteiger partial charge in [0.2, 0.25) is 5.91 Å². The third-order valence-electron chi connectivity index (χ3n) is 4.24. The second kappa shape index (κ2) is 9.02. The Kier molecular flexibility index (Phi) is 6.66. The van der Waals surface area contributed by atoms with Gasteiger partial charge in [-0.3, -0.25) is 24.7 Å². The Balaban J connectivity index is 1.73. The molecule has 1 atom stereocenters. The van der Waals surface area contributed by atoms with Crippen molar-refractivity contribution >= 4 is 72.6 Å². The molecule has 7 nitrogen and oxygen atoms in total. The molecule has 3 rings (SSSR count). The van der Waals surface area contributed by atoms with Crippen LogP contribution in [0.3, 0.4) is 0 Å². The first-order valence-electron chi connectivity index (χ1n) is 8.49. The third-order valence-corrected chi connectivity index (χ3v) is 5.73. The fourth-order valence-electron chi connectivity index (χ4n) is 2.76. The van der Waals surface area contributed by atoms with Crippen molar-refractivity contribution in [3.05, 3.63) is 63.0 Å². The normalized spacial score (nSPS) is 16.2. The molecular weight excluding hydrogens is 524 g/mol. The molecule has 0 radical (unpaired) electrons. The fourth-order valence-corrected chi connectivity index (χ4v) is 3.68. The van der Waals surface area contributed by atoms with E-state index in [1.807, 2.05) is 6.07 Å². The van der Waals surface area contributed by atoms with Crippen LogP contribution in [0.2, 0.25) is 0 Å². The lowest BCUT2D eigenvalue weighted by Gasteiger charge is -2.24. The van der Waals surface area contributed by atoms with Crippen LogP contribution < -0.4 is 10.7 Å². The second-order valence-electron chi connectivity index (χ2n) is 6.28. The number of hydrogen-bond acceptors (Lipinski definition) is 4. The molecule has 29 heavy (non-hydrogen) atoms. The topological polar surface area (TPSA) is 81.8 Å². The molecule has 1 unspecified atom stereocenters. The zero-order valence-electron chi connectivity index (χ0n) is 15.2. The highest BCUT2D eigenvalue weighted by Crippen LogP contribution is 2.20. The number of likely N-dealkylation sites (N-methyl/N-ethyl adjacent to an activating group) is 1. The van der Waals surface area contributed by atoms with Gasteiger partial charge in [0.05, 0.1) is 6.42 Å². The first-order valence-corrected chi connectivity index (χ1v) is 10.5. The highest BCUT2D eigenvalue weighted by Gasteiger charge is 2.42. The van der Waals surface area contributed by atoms with E-state index < -0.39 is 11.9 Å². The Bertz CT molecular complexity index is 984. The molecule has 0 saturated carbocycles. The van der Waals surface area contributed by atoms with Gasteiger partial charge in [-0.2, -0.15) is 0 Å². The van der Waals surface area contributed by atoms with Crippen molar-refractivity contribution in [1.82, 2.24) is 15.3 Å². The maximum atomic E-state index is 12.6. The maximum Gasteiger partial charge on any atom is 0.269 e. The van der Waals surface area contributed by atoms with Gasteiger partial charge in [0.15, 0.2) is 5.11 Å². The first kappa shape index (κ1) is 21.4. The summed E-state index contributed by atoms with van der Waals surface area (Å²) in [5.41, 5.74) is 3.63. The van der Waals surface area contributed by atoms with Crippen LogP contribution >= 0.6 is 44.1 Å². The average molecular weight is 540 g/mol. The number of amides is 3. The summed E-state index contributed by atoms with van der Waals surface area (Å²) in [7, 11) is 1.51. The SMILES string of the molecule is CN1C(=O)C(CC(=O)Nc2cccc(Br)c2)N(NC(=O)c2ccc(Br)cc2)C1=S. The predicted molar refractivity (Wildman–Crippen MR) is 120 cm³/mol. The van der Waals surface area contributed by atoms with E-state index in [0.29, 0.717) is 11.3 Å². The Morgan fingerprint density at radius 1 is 1.10 bits per heavy atom. The fraction of sp³-hybridized carbons (Fsp3) is 0.158. The van der Waals surface area contributed by atoms with Crippen LogP contribution in [0.1, 0.15) is 16.8 Å². The van der Waals surface area contributed by atoms with Crippen LogP contribution in [0.4, 0.5) is 5.69 Å². The Hall–Kier alpha value is -2.30. The molecule has 2 N–H and O–H groups in total. The quantitative estimate of drug-likeness (QED) is 0.570. The molecule has 0 aromatic heterocycles. The summed E-state index contributed by atoms with van der Waals surface area (Å²) in [4.78, 5) is 38.9. The monoisotopic (exact) mass is 538 g/mol. The molecule has 0 spiro atoms. The smallest absolute Gasteiger partial charge is 0.269 e. The Morgan fingerprint density at radius 3 is 2.45 bits per heavy atom. The number of carbonyl (C=O) groups excluding carboxylic acids is 3. The van der Waals surface area contributed by atoms with E-state index >= 15 is 0 Å². The van der Waals surface area contributed by atoms with E-state index in [1.54, 1.807) is 42.5 Å². The van der Waals surface area contributed by atoms with Crippen LogP contribution in [0, 0.1) is 0 Å². The molecule has 1 heterocycles. The van der Waals surface area contributed by atoms with Gasteiger partial charge in [0.1, 0.15) is 6.04 Å². The van der Waals surface area contributed by atoms with Crippen molar-refractivity contribution in [2.45, 2.75) is 12.5 Å². The summed E-state index contributed by atoms with van der Waals surface area (Å²) in [6, 6.07) is 12.9. The zero-order chi connectivity index (χ0) is 21.1. The van der Waals surface area contributed by atoms with Gasteiger partial charge in [0, 0.05) is 27.2 Å². The highest BCUT2D eigenvalue weighted by molar-refractivity contribution is 9.10. The van der Waals surface area contributed by atoms with Gasteiger partial charge in [-0.15, -0.1) is 0 Å². The highest BCUT2D eigenvalue weighted by atomic mass is 79.9. The lowest BCUT2D eigenvalue weighted by Crippen LogP contribution is -2.49. The van der Waals surface area contributed by atoms with Crippen molar-refractivity contribution in [1.29, 1.82) is 0 Å². The molecule has 1 aliphatic rings. The molecule has 150 valence electrons. The number of carbonyl (C=O) groups is 3. The van der Waals surface area contributed by atoms with E-state index in [-0.39, 0.29) is 23.3 Å². The Labute approximate surface area is 189 Å². The number of anilines is 1. The van der Waals surface area contributed by atoms with Crippen LogP contribution in [0.15, 0.2) is 57.5 Å². The molecule has 1 fully saturated rings. The largest absolute Gasteiger partial charge is 0.326 e. The molecule has 2 aromatic carbocycles. The molecule has 0 bridgehead atoms. The van der Waals surface area contributed by atoms with E-state index in [0.717, 1.165) is 8.95 Å². The second-order valence-corrected chi connectivity index (χ2v) is 8.47. The molecule has 10 heteroatoms. The average Bonchev–Trinajstić information content (AvgIpc) is 2.87. The Morgan fingerprint density at radius 2 is 1.79 bits per heavy atom. The predicted octanol–water partition coefficient (Wildman–Crippen LogP) is 3.31. The van der Waals surface area contributed by atoms with Crippen molar-refractivity contribution in [3.63, 3.8) is 0 Å². The number of nitrogens with one attached hydrogen (secondary N) is 2. The minimum Gasteiger partial charge on any atom is -0.326 e. The van der Waals surface area contributed by atoms with E-state index in [1.165, 1.54) is 17.0 Å². The van der Waals surface area contributed by atoms with Crippen LogP contribution in [-0.4, -0.2) is 45.8 Å². The summed E-state index contributed by atoms with van der Waals surface area (Å²) in [5, 5.41) is 4.14. The molecule has 1 saturated heterocycles. The summed E-state index contributed by atoms with van der Waals surface area (Å²) < 4.78 is 1.65. The summed E-state index contributed by atoms with van der Waals surface area (Å²) in [6.07, 6.45) is -0.170. The minimum absolute atomic E-state index is 0.126. The third kappa shape index (κ3) is 5.01. The number of rotatable bonds is 5. The van der Waals surface area contributed by atoms with Crippen LogP contribution in [0.25, 0.3) is 0 Å². The summed E-state index contributed by atoms with van der Waals surface area (Å²) in [6.45, 7) is 0. The summed E-state index contributed by atoms with van der Waals surface area (Å²) in [5.74, 6) is -1.17. The zero-order valence-corrected chi connectivity index (χ0v) is 19.2. The van der Waals surface area contributed by atoms with Crippen molar-refractivity contribution in [3.8, 4) is 0 Å². The van der Waals surface area contributed by atoms with Crippen molar-refractivity contribution in [2.24, 2.45) is 0 Å². The van der Waals surface area contributed by atoms with Gasteiger partial charge < -0.3 is 5.32 Å². The molecule has 3 amide bonds. The first-order chi connectivity index (χ1) is 13.8. The minimum atomic E-state index is -0.931. The standard InChI is InChI=1S/C19H16Br2N4O3S/c1-24-18(28)15(10-16(26)22-14-4-2-3-13(21)9-14)25(19(24)29)23-17(27)11-5-7-12(20)8-6-11/h2-9,15H,10H2,1H3,(H,22,26)(H,23,27). The van der Waals surface area contributed by atoms with E-state index in [2.05, 4.69) is 42.6 Å². The molecular formula is C19H16Br2N4O3S. The molecule has 2 aromatic rings. The van der Waals surface area contributed by atoms with Crippen molar-refractivity contribution in [2.75, 3.05) is 12.4 Å². The molecule has 0 aliphatic carbocycles. The van der Waals surface area contributed by atoms with Gasteiger partial charge >= 0.3 is 0 Å². The molecule has 1 aliphatic heterocycles. The summed E-state index contributed by atoms with van der Waals surface area (Å²) >= 11 is 11.9. The lowest BCUT2D eigenvalue weighted by molar-refractivity contribution is -0.130. The van der Waals surface area contributed by atoms with Gasteiger partial charge in [-0.05, 0) is 54.7 Å². The van der Waals surface area contributed by atoms with Crippen LogP contribution in [-0.2, 0) is 9.59 Å². The van der Waals surface area contributed by atoms with E-state index in [9.17, 15) is 14.4 Å². The van der Waals surface area contributed by atoms with E-state index in [4.69, 9.17) is 12.2 Å². The number of thiocarbonyl (C=S) groups is 1.